The summed E-state index contributed by atoms with van der Waals surface area (Å²) in [5, 5.41) is 7.80. The number of nitrogens with two attached hydrogens (primary N) is 1. The predicted octanol–water partition coefficient (Wildman–Crippen LogP) is 3.60. The lowest BCUT2D eigenvalue weighted by Gasteiger charge is -2.21. The first-order chi connectivity index (χ1) is 14.7. The number of carbonyl (C=O) groups excluding carboxylic acids is 1. The van der Waals surface area contributed by atoms with Crippen molar-refractivity contribution in [1.82, 2.24) is 10.3 Å². The van der Waals surface area contributed by atoms with Gasteiger partial charge in [-0.1, -0.05) is 48.5 Å². The van der Waals surface area contributed by atoms with E-state index in [1.807, 2.05) is 36.4 Å². The summed E-state index contributed by atoms with van der Waals surface area (Å²) < 4.78 is 0. The van der Waals surface area contributed by atoms with Crippen LogP contribution in [0.1, 0.15) is 36.1 Å². The zero-order valence-electron chi connectivity index (χ0n) is 17.4. The number of hydrogen-bond donors (Lipinski definition) is 3. The molecule has 156 valence electrons. The van der Waals surface area contributed by atoms with Crippen molar-refractivity contribution >= 4 is 22.5 Å². The molecular weight excluding hydrogens is 372 g/mol. The summed E-state index contributed by atoms with van der Waals surface area (Å²) in [5.41, 5.74) is 12.0. The van der Waals surface area contributed by atoms with Crippen molar-refractivity contribution < 1.29 is 4.79 Å². The smallest absolute Gasteiger partial charge is 0.237 e. The van der Waals surface area contributed by atoms with Crippen molar-refractivity contribution in [3.8, 4) is 0 Å². The average Bonchev–Trinajstić information content (AvgIpc) is 2.78. The zero-order chi connectivity index (χ0) is 20.8. The SMILES string of the molecule is N[C@@H](Cc1ccccc1)C(=O)NCCCNc1c2c(nc3ccccc13)CCCC2. The van der Waals surface area contributed by atoms with Gasteiger partial charge < -0.3 is 16.4 Å². The second kappa shape index (κ2) is 9.72. The molecule has 0 bridgehead atoms. The van der Waals surface area contributed by atoms with Gasteiger partial charge in [-0.2, -0.15) is 0 Å². The number of fused-ring (bicyclic) bond motifs is 2. The molecular formula is C25H30N4O. The number of nitrogens with zero attached hydrogens (tertiary/aromatic N) is 1. The van der Waals surface area contributed by atoms with E-state index in [1.54, 1.807) is 0 Å². The second-order valence-electron chi connectivity index (χ2n) is 8.00. The van der Waals surface area contributed by atoms with Gasteiger partial charge in [0.15, 0.2) is 0 Å². The fourth-order valence-electron chi connectivity index (χ4n) is 4.18. The monoisotopic (exact) mass is 402 g/mol. The molecule has 1 aromatic heterocycles. The fourth-order valence-corrected chi connectivity index (χ4v) is 4.18. The third-order valence-electron chi connectivity index (χ3n) is 5.76. The molecule has 5 nitrogen and oxygen atoms in total. The Kier molecular flexibility index (Phi) is 6.60. The lowest BCUT2D eigenvalue weighted by atomic mass is 9.92. The van der Waals surface area contributed by atoms with Crippen LogP contribution in [0.25, 0.3) is 10.9 Å². The standard InChI is InChI=1S/C25H30N4O/c26-21(17-18-9-2-1-3-10-18)25(30)28-16-8-15-27-24-19-11-4-6-13-22(19)29-23-14-7-5-12-20(23)24/h1-4,6,9-11,13,21H,5,7-8,12,14-17,26H2,(H,27,29)(H,28,30)/t21-/m0/s1. The highest BCUT2D eigenvalue weighted by Crippen LogP contribution is 2.33. The van der Waals surface area contributed by atoms with Gasteiger partial charge in [0.1, 0.15) is 0 Å². The number of benzene rings is 2. The molecule has 30 heavy (non-hydrogen) atoms. The molecule has 4 rings (SSSR count). The molecule has 2 aromatic carbocycles. The van der Waals surface area contributed by atoms with Crippen LogP contribution in [0.4, 0.5) is 5.69 Å². The quantitative estimate of drug-likeness (QED) is 0.503. The largest absolute Gasteiger partial charge is 0.384 e. The Hall–Kier alpha value is -2.92. The minimum Gasteiger partial charge on any atom is -0.384 e. The van der Waals surface area contributed by atoms with Crippen LogP contribution in [-0.2, 0) is 24.1 Å². The van der Waals surface area contributed by atoms with Crippen LogP contribution >= 0.6 is 0 Å². The summed E-state index contributed by atoms with van der Waals surface area (Å²) in [6.45, 7) is 1.41. The molecule has 5 heteroatoms. The summed E-state index contributed by atoms with van der Waals surface area (Å²) in [6, 6.07) is 17.7. The van der Waals surface area contributed by atoms with Crippen LogP contribution < -0.4 is 16.4 Å². The number of aromatic nitrogens is 1. The minimum absolute atomic E-state index is 0.0920. The Balaban J connectivity index is 1.31. The highest BCUT2D eigenvalue weighted by molar-refractivity contribution is 5.93. The maximum atomic E-state index is 12.3. The predicted molar refractivity (Wildman–Crippen MR) is 123 cm³/mol. The van der Waals surface area contributed by atoms with E-state index < -0.39 is 6.04 Å². The van der Waals surface area contributed by atoms with E-state index in [4.69, 9.17) is 10.7 Å². The van der Waals surface area contributed by atoms with Crippen molar-refractivity contribution in [3.05, 3.63) is 71.4 Å². The van der Waals surface area contributed by atoms with Gasteiger partial charge in [0, 0.05) is 29.9 Å². The maximum Gasteiger partial charge on any atom is 0.237 e. The zero-order valence-corrected chi connectivity index (χ0v) is 17.4. The summed E-state index contributed by atoms with van der Waals surface area (Å²) in [6.07, 6.45) is 5.98. The first-order valence-electron chi connectivity index (χ1n) is 10.9. The molecule has 0 unspecified atom stereocenters. The Labute approximate surface area is 178 Å². The molecule has 1 aliphatic carbocycles. The molecule has 0 radical (unpaired) electrons. The summed E-state index contributed by atoms with van der Waals surface area (Å²) in [5.74, 6) is -0.0920. The number of amides is 1. The molecule has 0 fully saturated rings. The lowest BCUT2D eigenvalue weighted by Crippen LogP contribution is -2.42. The molecule has 1 atom stereocenters. The highest BCUT2D eigenvalue weighted by Gasteiger charge is 2.18. The molecule has 1 aliphatic rings. The highest BCUT2D eigenvalue weighted by atomic mass is 16.2. The van der Waals surface area contributed by atoms with E-state index >= 15 is 0 Å². The van der Waals surface area contributed by atoms with Gasteiger partial charge in [-0.15, -0.1) is 0 Å². The van der Waals surface area contributed by atoms with Crippen molar-refractivity contribution in [2.24, 2.45) is 5.73 Å². The van der Waals surface area contributed by atoms with Crippen molar-refractivity contribution in [2.75, 3.05) is 18.4 Å². The van der Waals surface area contributed by atoms with Crippen molar-refractivity contribution in [3.63, 3.8) is 0 Å². The van der Waals surface area contributed by atoms with Crippen LogP contribution in [0.5, 0.6) is 0 Å². The van der Waals surface area contributed by atoms with Gasteiger partial charge >= 0.3 is 0 Å². The van der Waals surface area contributed by atoms with Crippen LogP contribution in [0, 0.1) is 0 Å². The van der Waals surface area contributed by atoms with E-state index in [0.717, 1.165) is 36.9 Å². The summed E-state index contributed by atoms with van der Waals surface area (Å²) in [4.78, 5) is 17.2. The molecule has 1 amide bonds. The topological polar surface area (TPSA) is 80.0 Å². The molecule has 0 saturated heterocycles. The van der Waals surface area contributed by atoms with E-state index in [1.165, 1.54) is 35.2 Å². The third-order valence-corrected chi connectivity index (χ3v) is 5.76. The molecule has 4 N–H and O–H groups in total. The van der Waals surface area contributed by atoms with E-state index in [0.29, 0.717) is 13.0 Å². The van der Waals surface area contributed by atoms with Gasteiger partial charge in [-0.3, -0.25) is 9.78 Å². The number of carbonyl (C=O) groups is 1. The number of rotatable bonds is 8. The molecule has 0 spiro atoms. The van der Waals surface area contributed by atoms with Crippen LogP contribution in [0.3, 0.4) is 0 Å². The average molecular weight is 403 g/mol. The number of aryl methyl sites for hydroxylation is 1. The van der Waals surface area contributed by atoms with Crippen LogP contribution in [-0.4, -0.2) is 30.0 Å². The molecule has 0 aliphatic heterocycles. The number of nitrogens with one attached hydrogen (secondary N) is 2. The summed E-state index contributed by atoms with van der Waals surface area (Å²) in [7, 11) is 0. The van der Waals surface area contributed by atoms with Gasteiger partial charge in [0.25, 0.3) is 0 Å². The first-order valence-corrected chi connectivity index (χ1v) is 10.9. The van der Waals surface area contributed by atoms with Gasteiger partial charge in [-0.05, 0) is 55.7 Å². The van der Waals surface area contributed by atoms with Crippen molar-refractivity contribution in [1.29, 1.82) is 0 Å². The van der Waals surface area contributed by atoms with Crippen molar-refractivity contribution in [2.45, 2.75) is 44.6 Å². The maximum absolute atomic E-state index is 12.3. The van der Waals surface area contributed by atoms with Gasteiger partial charge in [-0.25, -0.2) is 0 Å². The number of pyridine rings is 1. The Bertz CT molecular complexity index is 1000. The van der Waals surface area contributed by atoms with Crippen LogP contribution in [0.2, 0.25) is 0 Å². The van der Waals surface area contributed by atoms with Gasteiger partial charge in [0.05, 0.1) is 11.6 Å². The van der Waals surface area contributed by atoms with E-state index in [9.17, 15) is 4.79 Å². The molecule has 0 saturated carbocycles. The summed E-state index contributed by atoms with van der Waals surface area (Å²) >= 11 is 0. The Morgan fingerprint density at radius 2 is 1.77 bits per heavy atom. The number of anilines is 1. The molecule has 1 heterocycles. The van der Waals surface area contributed by atoms with Gasteiger partial charge in [0.2, 0.25) is 5.91 Å². The van der Waals surface area contributed by atoms with E-state index in [2.05, 4.69) is 28.8 Å². The Morgan fingerprint density at radius 1 is 1.00 bits per heavy atom. The molecule has 3 aromatic rings. The minimum atomic E-state index is -0.517. The number of para-hydroxylation sites is 1. The van der Waals surface area contributed by atoms with Crippen LogP contribution in [0.15, 0.2) is 54.6 Å². The lowest BCUT2D eigenvalue weighted by molar-refractivity contribution is -0.122. The normalized spacial score (nSPS) is 14.2. The van der Waals surface area contributed by atoms with E-state index in [-0.39, 0.29) is 5.91 Å². The first kappa shape index (κ1) is 20.4. The third kappa shape index (κ3) is 4.79. The Morgan fingerprint density at radius 3 is 2.63 bits per heavy atom. The fraction of sp³-hybridized carbons (Fsp3) is 0.360. The number of hydrogen-bond acceptors (Lipinski definition) is 4. The second-order valence-corrected chi connectivity index (χ2v) is 8.00.